The molecule has 69 heavy (non-hydrogen) atoms. The summed E-state index contributed by atoms with van der Waals surface area (Å²) >= 11 is 0. The van der Waals surface area contributed by atoms with E-state index in [2.05, 4.69) is 292 Å². The molecule has 0 unspecified atom stereocenters. The van der Waals surface area contributed by atoms with Crippen molar-refractivity contribution < 1.29 is 0 Å². The normalized spacial score (nSPS) is 13.7. The van der Waals surface area contributed by atoms with Gasteiger partial charge >= 0.3 is 0 Å². The molecule has 332 valence electrons. The first kappa shape index (κ1) is 42.4. The van der Waals surface area contributed by atoms with Gasteiger partial charge in [0.05, 0.1) is 0 Å². The molecule has 2 aliphatic carbocycles. The summed E-state index contributed by atoms with van der Waals surface area (Å²) < 4.78 is 0. The van der Waals surface area contributed by atoms with Gasteiger partial charge < -0.3 is 9.80 Å². The maximum Gasteiger partial charge on any atom is 0.181 e. The van der Waals surface area contributed by atoms with Crippen LogP contribution in [0.25, 0.3) is 22.3 Å². The number of hydrogen-bond acceptors (Lipinski definition) is 2. The quantitative estimate of drug-likeness (QED) is 0.0997. The van der Waals surface area contributed by atoms with E-state index in [-0.39, 0.29) is 10.8 Å². The van der Waals surface area contributed by atoms with Crippen molar-refractivity contribution in [1.82, 2.24) is 0 Å². The number of para-hydroxylation sites is 3. The van der Waals surface area contributed by atoms with Crippen molar-refractivity contribution in [1.29, 1.82) is 0 Å². The molecule has 0 spiro atoms. The Balaban J connectivity index is 1.11. The fourth-order valence-corrected chi connectivity index (χ4v) is 16.9. The summed E-state index contributed by atoms with van der Waals surface area (Å²) in [4.78, 5) is 4.98. The molecule has 10 aromatic carbocycles. The molecule has 0 heterocycles. The average molecular weight is 903 g/mol. The highest BCUT2D eigenvalue weighted by Gasteiger charge is 2.45. The van der Waals surface area contributed by atoms with E-state index in [1.807, 2.05) is 0 Å². The Labute approximate surface area is 408 Å². The molecule has 0 saturated heterocycles. The van der Waals surface area contributed by atoms with Gasteiger partial charge in [0.25, 0.3) is 0 Å². The molecule has 3 heteroatoms. The molecule has 12 rings (SSSR count). The molecule has 0 radical (unpaired) electrons. The molecule has 0 fully saturated rings. The molecule has 0 atom stereocenters. The Hall–Kier alpha value is -7.98. The Morgan fingerprint density at radius 1 is 0.275 bits per heavy atom. The number of anilines is 6. The van der Waals surface area contributed by atoms with Crippen LogP contribution in [0.3, 0.4) is 0 Å². The highest BCUT2D eigenvalue weighted by Crippen LogP contribution is 2.52. The van der Waals surface area contributed by atoms with E-state index in [0.29, 0.717) is 0 Å². The average Bonchev–Trinajstić information content (AvgIpc) is 3.77. The van der Waals surface area contributed by atoms with Crippen LogP contribution in [-0.4, -0.2) is 8.07 Å². The molecular weight excluding hydrogens is 849 g/mol. The molecule has 0 bridgehead atoms. The maximum atomic E-state index is 2.52. The van der Waals surface area contributed by atoms with Crippen molar-refractivity contribution >= 4 is 62.9 Å². The Kier molecular flexibility index (Phi) is 10.2. The lowest BCUT2D eigenvalue weighted by molar-refractivity contribution is 0.660. The Bertz CT molecular complexity index is 3470. The minimum atomic E-state index is -3.20. The molecule has 0 saturated carbocycles. The van der Waals surface area contributed by atoms with Crippen LogP contribution in [-0.2, 0) is 10.8 Å². The van der Waals surface area contributed by atoms with Gasteiger partial charge in [-0.3, -0.25) is 0 Å². The van der Waals surface area contributed by atoms with E-state index in [1.165, 1.54) is 70.9 Å². The van der Waals surface area contributed by atoms with Crippen LogP contribution in [0.4, 0.5) is 34.1 Å². The second kappa shape index (κ2) is 16.7. The first-order valence-corrected chi connectivity index (χ1v) is 26.3. The van der Waals surface area contributed by atoms with Gasteiger partial charge in [-0.2, -0.15) is 0 Å². The van der Waals surface area contributed by atoms with E-state index >= 15 is 0 Å². The van der Waals surface area contributed by atoms with Gasteiger partial charge in [0.15, 0.2) is 8.07 Å². The van der Waals surface area contributed by atoms with Crippen molar-refractivity contribution in [2.45, 2.75) is 38.5 Å². The van der Waals surface area contributed by atoms with Crippen LogP contribution >= 0.6 is 0 Å². The van der Waals surface area contributed by atoms with Crippen LogP contribution in [0, 0.1) is 0 Å². The van der Waals surface area contributed by atoms with Gasteiger partial charge in [-0.1, -0.05) is 216 Å². The first-order chi connectivity index (χ1) is 33.8. The van der Waals surface area contributed by atoms with Crippen molar-refractivity contribution in [3.8, 4) is 22.3 Å². The topological polar surface area (TPSA) is 6.48 Å². The van der Waals surface area contributed by atoms with Crippen molar-refractivity contribution in [3.05, 3.63) is 277 Å². The minimum Gasteiger partial charge on any atom is -0.311 e. The van der Waals surface area contributed by atoms with Gasteiger partial charge in [-0.25, -0.2) is 0 Å². The van der Waals surface area contributed by atoms with Crippen LogP contribution < -0.4 is 30.5 Å². The van der Waals surface area contributed by atoms with Crippen LogP contribution in [0.2, 0.25) is 0 Å². The predicted octanol–water partition coefficient (Wildman–Crippen LogP) is 14.6. The molecule has 0 aliphatic heterocycles. The van der Waals surface area contributed by atoms with E-state index in [4.69, 9.17) is 0 Å². The van der Waals surface area contributed by atoms with E-state index < -0.39 is 8.07 Å². The molecule has 0 aromatic heterocycles. The van der Waals surface area contributed by atoms with Gasteiger partial charge in [0, 0.05) is 45.0 Å². The number of nitrogens with zero attached hydrogens (tertiary/aromatic N) is 2. The first-order valence-electron chi connectivity index (χ1n) is 24.3. The number of rotatable bonds is 10. The lowest BCUT2D eigenvalue weighted by Gasteiger charge is -2.39. The van der Waals surface area contributed by atoms with E-state index in [1.54, 1.807) is 0 Å². The van der Waals surface area contributed by atoms with Crippen molar-refractivity contribution in [2.24, 2.45) is 0 Å². The summed E-state index contributed by atoms with van der Waals surface area (Å²) in [5, 5.41) is 5.26. The summed E-state index contributed by atoms with van der Waals surface area (Å²) in [6.07, 6.45) is 0. The van der Waals surface area contributed by atoms with Gasteiger partial charge in [-0.15, -0.1) is 0 Å². The molecular formula is C66H54N2Si. The van der Waals surface area contributed by atoms with Crippen molar-refractivity contribution in [2.75, 3.05) is 9.80 Å². The smallest absolute Gasteiger partial charge is 0.181 e. The molecule has 0 N–H and O–H groups in total. The fourth-order valence-electron chi connectivity index (χ4n) is 11.9. The van der Waals surface area contributed by atoms with E-state index in [9.17, 15) is 0 Å². The van der Waals surface area contributed by atoms with E-state index in [0.717, 1.165) is 28.4 Å². The van der Waals surface area contributed by atoms with Gasteiger partial charge in [-0.05, 0) is 132 Å². The summed E-state index contributed by atoms with van der Waals surface area (Å²) in [7, 11) is -3.20. The highest BCUT2D eigenvalue weighted by atomic mass is 28.3. The lowest BCUT2D eigenvalue weighted by Crippen LogP contribution is -2.75. The highest BCUT2D eigenvalue weighted by molar-refractivity contribution is 7.20. The van der Waals surface area contributed by atoms with Crippen LogP contribution in [0.15, 0.2) is 255 Å². The largest absolute Gasteiger partial charge is 0.311 e. The monoisotopic (exact) mass is 902 g/mol. The second-order valence-electron chi connectivity index (χ2n) is 19.7. The standard InChI is InChI=1S/C66H54N2Si/c1-65(2)60-37-20-18-35-56(60)58-45-50(41-43-61(58)65)67(47-24-9-5-10-25-47)49-28-23-33-54(44-49)69(52-29-13-7-14-30-52,53-31-15-8-16-32-53)64-39-22-21-38-63(64)68(48-26-11-6-12-27-48)51-40-42-57-55-34-17-19-36-59(55)66(3,4)62(57)46-51/h5-46H,1-4H3. The third-order valence-corrected chi connectivity index (χ3v) is 20.0. The molecule has 2 aliphatic rings. The van der Waals surface area contributed by atoms with Crippen molar-refractivity contribution in [3.63, 3.8) is 0 Å². The molecule has 10 aromatic rings. The Morgan fingerprint density at radius 3 is 1.33 bits per heavy atom. The zero-order valence-electron chi connectivity index (χ0n) is 39.6. The van der Waals surface area contributed by atoms with Crippen LogP contribution in [0.1, 0.15) is 49.9 Å². The maximum absolute atomic E-state index is 3.20. The van der Waals surface area contributed by atoms with Gasteiger partial charge in [0.2, 0.25) is 0 Å². The second-order valence-corrected chi connectivity index (χ2v) is 23.5. The lowest BCUT2D eigenvalue weighted by atomic mass is 9.82. The number of benzene rings is 10. The summed E-state index contributed by atoms with van der Waals surface area (Å²) in [5.74, 6) is 0. The SMILES string of the molecule is CC1(C)c2ccccc2-c2cc(N(c3ccccc3)c3cccc([Si](c4ccccc4)(c4ccccc4)c4ccccc4N(c4ccccc4)c4ccc5c(c4)C(C)(C)c4ccccc4-5)c3)ccc21. The fraction of sp³-hybridized carbons (Fsp3) is 0.0909. The molecule has 2 nitrogen and oxygen atoms in total. The number of hydrogen-bond donors (Lipinski definition) is 0. The zero-order valence-corrected chi connectivity index (χ0v) is 40.6. The summed E-state index contributed by atoms with van der Waals surface area (Å²) in [6.45, 7) is 9.46. The minimum absolute atomic E-state index is 0.0828. The van der Waals surface area contributed by atoms with Gasteiger partial charge in [0.1, 0.15) is 0 Å². The third-order valence-electron chi connectivity index (χ3n) is 15.2. The summed E-state index contributed by atoms with van der Waals surface area (Å²) in [6, 6.07) is 95.4. The predicted molar refractivity (Wildman–Crippen MR) is 295 cm³/mol. The van der Waals surface area contributed by atoms with Crippen LogP contribution in [0.5, 0.6) is 0 Å². The number of fused-ring (bicyclic) bond motifs is 6. The Morgan fingerprint density at radius 2 is 0.696 bits per heavy atom. The zero-order chi connectivity index (χ0) is 46.7. The molecule has 0 amide bonds. The summed E-state index contributed by atoms with van der Waals surface area (Å²) in [5.41, 5.74) is 17.3. The third kappa shape index (κ3) is 6.75.